The summed E-state index contributed by atoms with van der Waals surface area (Å²) in [5, 5.41) is 10.5. The van der Waals surface area contributed by atoms with Crippen LogP contribution in [0.2, 0.25) is 0 Å². The van der Waals surface area contributed by atoms with Gasteiger partial charge in [0.2, 0.25) is 0 Å². The van der Waals surface area contributed by atoms with Crippen LogP contribution in [0.4, 0.5) is 0 Å². The fourth-order valence-corrected chi connectivity index (χ4v) is 1.73. The van der Waals surface area contributed by atoms with Crippen LogP contribution in [0.3, 0.4) is 0 Å². The summed E-state index contributed by atoms with van der Waals surface area (Å²) in [6, 6.07) is 1.94. The molecule has 0 aromatic carbocycles. The smallest absolute Gasteiger partial charge is 0.305 e. The highest BCUT2D eigenvalue weighted by Crippen LogP contribution is 1.98. The van der Waals surface area contributed by atoms with Gasteiger partial charge in [0.05, 0.1) is 18.8 Å². The molecule has 1 aromatic rings. The molecule has 0 radical (unpaired) electrons. The number of hydrogen-bond acceptors (Lipinski definition) is 4. The number of nitrogens with one attached hydrogen (secondary N) is 2. The first-order chi connectivity index (χ1) is 10.2. The number of aryl methyl sites for hydroxylation is 1. The van der Waals surface area contributed by atoms with E-state index in [4.69, 9.17) is 4.74 Å². The molecule has 1 rings (SSSR count). The van der Waals surface area contributed by atoms with Crippen LogP contribution in [-0.2, 0) is 23.1 Å². The van der Waals surface area contributed by atoms with Crippen LogP contribution in [0.15, 0.2) is 17.3 Å². The number of aliphatic imine (C=N–C) groups is 1. The van der Waals surface area contributed by atoms with Gasteiger partial charge in [-0.2, -0.15) is 5.10 Å². The molecule has 0 amide bonds. The Balaban J connectivity index is 2.35. The summed E-state index contributed by atoms with van der Waals surface area (Å²) in [7, 11) is 1.89. The van der Waals surface area contributed by atoms with E-state index in [1.54, 1.807) is 10.9 Å². The Kier molecular flexibility index (Phi) is 7.93. The lowest BCUT2D eigenvalue weighted by atomic mass is 10.3. The summed E-state index contributed by atoms with van der Waals surface area (Å²) in [5.74, 6) is 0.582. The third-order valence-electron chi connectivity index (χ3n) is 2.82. The van der Waals surface area contributed by atoms with Gasteiger partial charge in [0.25, 0.3) is 0 Å². The van der Waals surface area contributed by atoms with Crippen LogP contribution < -0.4 is 10.6 Å². The third kappa shape index (κ3) is 6.78. The zero-order valence-corrected chi connectivity index (χ0v) is 13.1. The lowest BCUT2D eigenvalue weighted by Crippen LogP contribution is -2.38. The average molecular weight is 295 g/mol. The number of nitrogens with zero attached hydrogens (tertiary/aromatic N) is 3. The van der Waals surface area contributed by atoms with E-state index >= 15 is 0 Å². The van der Waals surface area contributed by atoms with E-state index < -0.39 is 0 Å². The van der Waals surface area contributed by atoms with Crippen molar-refractivity contribution in [1.82, 2.24) is 20.4 Å². The Morgan fingerprint density at radius 2 is 2.24 bits per heavy atom. The largest absolute Gasteiger partial charge is 0.466 e. The van der Waals surface area contributed by atoms with Gasteiger partial charge in [-0.1, -0.05) is 0 Å². The molecule has 0 saturated heterocycles. The molecule has 0 unspecified atom stereocenters. The zero-order chi connectivity index (χ0) is 15.5. The van der Waals surface area contributed by atoms with Crippen molar-refractivity contribution in [3.63, 3.8) is 0 Å². The van der Waals surface area contributed by atoms with Gasteiger partial charge in [-0.05, 0) is 26.3 Å². The zero-order valence-electron chi connectivity index (χ0n) is 13.1. The molecule has 0 aliphatic heterocycles. The van der Waals surface area contributed by atoms with Gasteiger partial charge in [-0.25, -0.2) is 4.99 Å². The van der Waals surface area contributed by atoms with Gasteiger partial charge in [0, 0.05) is 32.8 Å². The second kappa shape index (κ2) is 9.79. The quantitative estimate of drug-likeness (QED) is 0.321. The highest BCUT2D eigenvalue weighted by molar-refractivity contribution is 5.79. The summed E-state index contributed by atoms with van der Waals surface area (Å²) < 4.78 is 6.68. The number of ether oxygens (including phenoxy) is 1. The first-order valence-electron chi connectivity index (χ1n) is 7.32. The van der Waals surface area contributed by atoms with Crippen molar-refractivity contribution in [2.45, 2.75) is 33.2 Å². The minimum Gasteiger partial charge on any atom is -0.466 e. The van der Waals surface area contributed by atoms with Crippen molar-refractivity contribution in [3.8, 4) is 0 Å². The Morgan fingerprint density at radius 1 is 1.43 bits per heavy atom. The van der Waals surface area contributed by atoms with Crippen LogP contribution in [0.5, 0.6) is 0 Å². The number of hydrogen-bond donors (Lipinski definition) is 2. The molecule has 0 bridgehead atoms. The van der Waals surface area contributed by atoms with Crippen LogP contribution >= 0.6 is 0 Å². The predicted octanol–water partition coefficient (Wildman–Crippen LogP) is 0.819. The van der Waals surface area contributed by atoms with Gasteiger partial charge in [-0.3, -0.25) is 9.48 Å². The van der Waals surface area contributed by atoms with Gasteiger partial charge in [-0.15, -0.1) is 0 Å². The predicted molar refractivity (Wildman–Crippen MR) is 81.9 cm³/mol. The molecule has 7 nitrogen and oxygen atoms in total. The van der Waals surface area contributed by atoms with Crippen LogP contribution in [0, 0.1) is 0 Å². The molecule has 1 heterocycles. The van der Waals surface area contributed by atoms with E-state index in [2.05, 4.69) is 20.7 Å². The molecule has 0 saturated carbocycles. The molecule has 0 atom stereocenters. The second-order valence-electron chi connectivity index (χ2n) is 4.48. The third-order valence-corrected chi connectivity index (χ3v) is 2.82. The highest BCUT2D eigenvalue weighted by atomic mass is 16.5. The van der Waals surface area contributed by atoms with Crippen molar-refractivity contribution in [2.24, 2.45) is 12.0 Å². The van der Waals surface area contributed by atoms with E-state index in [-0.39, 0.29) is 5.97 Å². The normalized spacial score (nSPS) is 11.3. The number of aromatic nitrogens is 2. The maximum Gasteiger partial charge on any atom is 0.305 e. The summed E-state index contributed by atoms with van der Waals surface area (Å²) in [6.45, 7) is 6.28. The maximum absolute atomic E-state index is 11.2. The van der Waals surface area contributed by atoms with E-state index in [9.17, 15) is 4.79 Å². The molecule has 7 heteroatoms. The molecule has 118 valence electrons. The topological polar surface area (TPSA) is 80.5 Å². The molecule has 0 spiro atoms. The van der Waals surface area contributed by atoms with Crippen LogP contribution in [-0.4, -0.2) is 41.4 Å². The Labute approximate surface area is 125 Å². The van der Waals surface area contributed by atoms with Crippen molar-refractivity contribution in [2.75, 3.05) is 19.7 Å². The fraction of sp³-hybridized carbons (Fsp3) is 0.643. The van der Waals surface area contributed by atoms with Crippen molar-refractivity contribution < 1.29 is 9.53 Å². The molecule has 0 fully saturated rings. The summed E-state index contributed by atoms with van der Waals surface area (Å²) in [6.07, 6.45) is 2.89. The Hall–Kier alpha value is -2.05. The lowest BCUT2D eigenvalue weighted by molar-refractivity contribution is -0.143. The molecule has 0 aliphatic rings. The second-order valence-corrected chi connectivity index (χ2v) is 4.48. The molecule has 0 aliphatic carbocycles. The van der Waals surface area contributed by atoms with E-state index in [1.165, 1.54) is 0 Å². The van der Waals surface area contributed by atoms with Crippen molar-refractivity contribution in [3.05, 3.63) is 18.0 Å². The minimum atomic E-state index is -0.156. The number of carbonyl (C=O) groups is 1. The van der Waals surface area contributed by atoms with Crippen LogP contribution in [0.25, 0.3) is 0 Å². The number of esters is 1. The first-order valence-corrected chi connectivity index (χ1v) is 7.32. The summed E-state index contributed by atoms with van der Waals surface area (Å²) in [4.78, 5) is 15.7. The standard InChI is InChI=1S/C14H25N5O2/c1-4-15-14(16-9-6-7-13(20)21-5-2)17-11-12-8-10-18-19(12)3/h8,10H,4-7,9,11H2,1-3H3,(H2,15,16,17). The lowest BCUT2D eigenvalue weighted by Gasteiger charge is -2.11. The minimum absolute atomic E-state index is 0.156. The summed E-state index contributed by atoms with van der Waals surface area (Å²) in [5.41, 5.74) is 1.04. The first kappa shape index (κ1) is 17.0. The van der Waals surface area contributed by atoms with Crippen molar-refractivity contribution in [1.29, 1.82) is 0 Å². The van der Waals surface area contributed by atoms with E-state index in [1.807, 2.05) is 27.0 Å². The average Bonchev–Trinajstić information content (AvgIpc) is 2.86. The molecular formula is C14H25N5O2. The molecule has 1 aromatic heterocycles. The molecule has 21 heavy (non-hydrogen) atoms. The number of carbonyl (C=O) groups excluding carboxylic acids is 1. The Bertz CT molecular complexity index is 456. The van der Waals surface area contributed by atoms with Crippen molar-refractivity contribution >= 4 is 11.9 Å². The Morgan fingerprint density at radius 3 is 2.86 bits per heavy atom. The fourth-order valence-electron chi connectivity index (χ4n) is 1.73. The highest BCUT2D eigenvalue weighted by Gasteiger charge is 2.03. The molecule has 2 N–H and O–H groups in total. The van der Waals surface area contributed by atoms with Crippen LogP contribution in [0.1, 0.15) is 32.4 Å². The van der Waals surface area contributed by atoms with Gasteiger partial charge < -0.3 is 15.4 Å². The number of guanidine groups is 1. The monoisotopic (exact) mass is 295 g/mol. The SMILES string of the molecule is CCNC(=NCc1ccnn1C)NCCCC(=O)OCC. The van der Waals surface area contributed by atoms with E-state index in [0.717, 1.165) is 24.6 Å². The van der Waals surface area contributed by atoms with Gasteiger partial charge in [0.15, 0.2) is 5.96 Å². The van der Waals surface area contributed by atoms with E-state index in [0.29, 0.717) is 26.1 Å². The maximum atomic E-state index is 11.2. The molecular weight excluding hydrogens is 270 g/mol. The van der Waals surface area contributed by atoms with Gasteiger partial charge in [0.1, 0.15) is 0 Å². The van der Waals surface area contributed by atoms with Gasteiger partial charge >= 0.3 is 5.97 Å². The summed E-state index contributed by atoms with van der Waals surface area (Å²) >= 11 is 0. The number of rotatable bonds is 8.